The fourth-order valence-corrected chi connectivity index (χ4v) is 4.16. The highest BCUT2D eigenvalue weighted by Crippen LogP contribution is 2.40. The molecule has 4 rings (SSSR count). The Morgan fingerprint density at radius 1 is 1.27 bits per heavy atom. The van der Waals surface area contributed by atoms with Gasteiger partial charge >= 0.3 is 0 Å². The van der Waals surface area contributed by atoms with Crippen LogP contribution in [0.15, 0.2) is 76.9 Å². The number of halogens is 1. The number of fused-ring (bicyclic) bond motifs is 1. The third kappa shape index (κ3) is 4.39. The summed E-state index contributed by atoms with van der Waals surface area (Å²) in [6.07, 6.45) is 3.22. The summed E-state index contributed by atoms with van der Waals surface area (Å²) in [6, 6.07) is 13.0. The van der Waals surface area contributed by atoms with Gasteiger partial charge in [0, 0.05) is 17.0 Å². The number of hydrogen-bond acceptors (Lipinski definition) is 5. The zero-order chi connectivity index (χ0) is 23.5. The van der Waals surface area contributed by atoms with Crippen molar-refractivity contribution in [3.63, 3.8) is 0 Å². The normalized spacial score (nSPS) is 16.0. The van der Waals surface area contributed by atoms with E-state index in [-0.39, 0.29) is 11.3 Å². The predicted molar refractivity (Wildman–Crippen MR) is 127 cm³/mol. The topological polar surface area (TPSA) is 80.0 Å². The Bertz CT molecular complexity index is 1260. The Kier molecular flexibility index (Phi) is 6.56. The van der Waals surface area contributed by atoms with Gasteiger partial charge in [0.1, 0.15) is 17.9 Å². The monoisotopic (exact) mass is 465 g/mol. The number of benzene rings is 2. The second-order valence-electron chi connectivity index (χ2n) is 7.81. The molecule has 0 spiro atoms. The van der Waals surface area contributed by atoms with Crippen molar-refractivity contribution in [1.29, 1.82) is 0 Å². The number of aliphatic hydroxyl groups is 1. The molecule has 0 radical (unpaired) electrons. The zero-order valence-corrected chi connectivity index (χ0v) is 19.0. The molecule has 0 saturated heterocycles. The molecule has 170 valence electrons. The number of furan rings is 1. The highest BCUT2D eigenvalue weighted by atomic mass is 35.5. The molecular formula is C26H24ClNO5. The second kappa shape index (κ2) is 9.55. The molecule has 1 aliphatic heterocycles. The first-order valence-electron chi connectivity index (χ1n) is 10.8. The zero-order valence-electron chi connectivity index (χ0n) is 18.2. The number of carbonyl (C=O) groups is 2. The molecule has 3 aromatic rings. The standard InChI is InChI=1S/C26H24ClNO5/c1-3-5-11-28-23(16-7-6-8-19(14-16)32-12-4-2)22(25(30)26(28)31)24(29)21-15-17-13-18(27)9-10-20(17)33-21/h4,6-10,13-15,23,30H,2-3,5,11-12H2,1H3. The molecule has 1 aliphatic rings. The molecule has 33 heavy (non-hydrogen) atoms. The predicted octanol–water partition coefficient (Wildman–Crippen LogP) is 6.03. The van der Waals surface area contributed by atoms with E-state index in [9.17, 15) is 14.7 Å². The molecule has 1 unspecified atom stereocenters. The molecule has 0 bridgehead atoms. The summed E-state index contributed by atoms with van der Waals surface area (Å²) in [4.78, 5) is 28.1. The molecule has 6 nitrogen and oxygen atoms in total. The maximum Gasteiger partial charge on any atom is 0.290 e. The van der Waals surface area contributed by atoms with E-state index in [0.29, 0.717) is 40.5 Å². The van der Waals surface area contributed by atoms with Crippen molar-refractivity contribution in [2.75, 3.05) is 13.2 Å². The summed E-state index contributed by atoms with van der Waals surface area (Å²) in [5.74, 6) is -1.07. The average molecular weight is 466 g/mol. The van der Waals surface area contributed by atoms with Gasteiger partial charge in [-0.25, -0.2) is 0 Å². The number of unbranched alkanes of at least 4 members (excludes halogenated alkanes) is 1. The first kappa shape index (κ1) is 22.7. The van der Waals surface area contributed by atoms with Crippen molar-refractivity contribution in [2.45, 2.75) is 25.8 Å². The average Bonchev–Trinajstić information content (AvgIpc) is 3.34. The molecule has 0 aliphatic carbocycles. The van der Waals surface area contributed by atoms with Gasteiger partial charge in [0.2, 0.25) is 5.78 Å². The van der Waals surface area contributed by atoms with E-state index >= 15 is 0 Å². The summed E-state index contributed by atoms with van der Waals surface area (Å²) >= 11 is 6.05. The van der Waals surface area contributed by atoms with E-state index in [4.69, 9.17) is 20.8 Å². The number of rotatable bonds is 9. The van der Waals surface area contributed by atoms with E-state index in [1.807, 2.05) is 13.0 Å². The van der Waals surface area contributed by atoms with Gasteiger partial charge < -0.3 is 19.2 Å². The largest absolute Gasteiger partial charge is 0.503 e. The van der Waals surface area contributed by atoms with Gasteiger partial charge in [-0.1, -0.05) is 49.7 Å². The molecule has 0 saturated carbocycles. The molecule has 1 amide bonds. The van der Waals surface area contributed by atoms with Gasteiger partial charge in [-0.05, 0) is 48.4 Å². The fourth-order valence-electron chi connectivity index (χ4n) is 3.98. The summed E-state index contributed by atoms with van der Waals surface area (Å²) in [6.45, 7) is 6.38. The molecule has 2 aromatic carbocycles. The maximum absolute atomic E-state index is 13.5. The van der Waals surface area contributed by atoms with Gasteiger partial charge in [-0.2, -0.15) is 0 Å². The number of aliphatic hydroxyl groups excluding tert-OH is 1. The van der Waals surface area contributed by atoms with Crippen LogP contribution in [-0.4, -0.2) is 34.8 Å². The SMILES string of the molecule is C=CCOc1cccc(C2C(C(=O)c3cc4cc(Cl)ccc4o3)=C(O)C(=O)N2CCCC)c1. The van der Waals surface area contributed by atoms with Crippen LogP contribution in [0, 0.1) is 0 Å². The van der Waals surface area contributed by atoms with Crippen LogP contribution in [0.1, 0.15) is 41.9 Å². The van der Waals surface area contributed by atoms with Crippen LogP contribution in [0.2, 0.25) is 5.02 Å². The number of hydrogen-bond donors (Lipinski definition) is 1. The first-order chi connectivity index (χ1) is 15.9. The van der Waals surface area contributed by atoms with E-state index in [1.54, 1.807) is 48.5 Å². The van der Waals surface area contributed by atoms with Crippen molar-refractivity contribution in [3.05, 3.63) is 88.9 Å². The molecule has 7 heteroatoms. The minimum Gasteiger partial charge on any atom is -0.503 e. The Morgan fingerprint density at radius 2 is 2.09 bits per heavy atom. The Balaban J connectivity index is 1.78. The van der Waals surface area contributed by atoms with Crippen molar-refractivity contribution >= 4 is 34.3 Å². The minimum atomic E-state index is -0.763. The molecule has 1 aromatic heterocycles. The Labute approximate surface area is 196 Å². The molecule has 2 heterocycles. The molecule has 1 N–H and O–H groups in total. The number of Topliss-reactive ketones (excluding diaryl/α,β-unsaturated/α-hetero) is 1. The third-order valence-electron chi connectivity index (χ3n) is 5.54. The smallest absolute Gasteiger partial charge is 0.290 e. The lowest BCUT2D eigenvalue weighted by atomic mass is 9.94. The van der Waals surface area contributed by atoms with Gasteiger partial charge in [0.05, 0.1) is 11.6 Å². The number of ketones is 1. The second-order valence-corrected chi connectivity index (χ2v) is 8.25. The first-order valence-corrected chi connectivity index (χ1v) is 11.1. The molecule has 0 fully saturated rings. The van der Waals surface area contributed by atoms with Crippen LogP contribution >= 0.6 is 11.6 Å². The van der Waals surface area contributed by atoms with Crippen LogP contribution in [0.5, 0.6) is 5.75 Å². The Hall–Kier alpha value is -3.51. The number of ether oxygens (including phenoxy) is 1. The Morgan fingerprint density at radius 3 is 2.85 bits per heavy atom. The molecule has 1 atom stereocenters. The van der Waals surface area contributed by atoms with Gasteiger partial charge in [0.15, 0.2) is 11.5 Å². The van der Waals surface area contributed by atoms with Crippen molar-refractivity contribution < 1.29 is 23.8 Å². The van der Waals surface area contributed by atoms with Gasteiger partial charge in [-0.3, -0.25) is 9.59 Å². The summed E-state index contributed by atoms with van der Waals surface area (Å²) in [7, 11) is 0. The highest BCUT2D eigenvalue weighted by molar-refractivity contribution is 6.31. The quantitative estimate of drug-likeness (QED) is 0.308. The number of carbonyl (C=O) groups excluding carboxylic acids is 2. The van der Waals surface area contributed by atoms with Crippen LogP contribution in [-0.2, 0) is 4.79 Å². The minimum absolute atomic E-state index is 0.0119. The third-order valence-corrected chi connectivity index (χ3v) is 5.78. The van der Waals surface area contributed by atoms with Crippen molar-refractivity contribution in [2.24, 2.45) is 0 Å². The summed E-state index contributed by atoms with van der Waals surface area (Å²) in [5.41, 5.74) is 1.14. The fraction of sp³-hybridized carbons (Fsp3) is 0.231. The van der Waals surface area contributed by atoms with Crippen LogP contribution < -0.4 is 4.74 Å². The highest BCUT2D eigenvalue weighted by Gasteiger charge is 2.44. The van der Waals surface area contributed by atoms with E-state index in [1.165, 1.54) is 4.90 Å². The maximum atomic E-state index is 13.5. The number of amides is 1. The molecular weight excluding hydrogens is 442 g/mol. The summed E-state index contributed by atoms with van der Waals surface area (Å²) in [5, 5.41) is 12.0. The van der Waals surface area contributed by atoms with Crippen LogP contribution in [0.4, 0.5) is 0 Å². The van der Waals surface area contributed by atoms with E-state index in [0.717, 1.165) is 12.8 Å². The van der Waals surface area contributed by atoms with E-state index in [2.05, 4.69) is 6.58 Å². The van der Waals surface area contributed by atoms with Crippen LogP contribution in [0.3, 0.4) is 0 Å². The van der Waals surface area contributed by atoms with Gasteiger partial charge in [0.25, 0.3) is 5.91 Å². The summed E-state index contributed by atoms with van der Waals surface area (Å²) < 4.78 is 11.4. The van der Waals surface area contributed by atoms with Gasteiger partial charge in [-0.15, -0.1) is 0 Å². The van der Waals surface area contributed by atoms with Crippen LogP contribution in [0.25, 0.3) is 11.0 Å². The van der Waals surface area contributed by atoms with Crippen molar-refractivity contribution in [3.8, 4) is 5.75 Å². The van der Waals surface area contributed by atoms with Crippen molar-refractivity contribution in [1.82, 2.24) is 4.90 Å². The van der Waals surface area contributed by atoms with E-state index < -0.39 is 23.5 Å². The lowest BCUT2D eigenvalue weighted by molar-refractivity contribution is -0.129. The lowest BCUT2D eigenvalue weighted by Gasteiger charge is -2.26. The lowest BCUT2D eigenvalue weighted by Crippen LogP contribution is -2.32. The number of nitrogens with zero attached hydrogens (tertiary/aromatic N) is 1.